The molecule has 126 valence electrons. The number of halogens is 1. The topological polar surface area (TPSA) is 66.5 Å². The first-order chi connectivity index (χ1) is 11.4. The summed E-state index contributed by atoms with van der Waals surface area (Å²) in [4.78, 5) is 13.6. The number of benzene rings is 2. The van der Waals surface area contributed by atoms with Gasteiger partial charge in [-0.15, -0.1) is 0 Å². The second-order valence-corrected chi connectivity index (χ2v) is 7.21. The SMILES string of the molecule is CCC(=O)N1CCc2cc(S(=O)(=O)Nc3ccccc3F)ccc21. The van der Waals surface area contributed by atoms with E-state index in [0.29, 0.717) is 19.4 Å². The molecule has 1 heterocycles. The summed E-state index contributed by atoms with van der Waals surface area (Å²) in [6.07, 6.45) is 0.998. The summed E-state index contributed by atoms with van der Waals surface area (Å²) < 4.78 is 40.9. The van der Waals surface area contributed by atoms with Crippen LogP contribution in [0.3, 0.4) is 0 Å². The van der Waals surface area contributed by atoms with Crippen molar-refractivity contribution in [3.05, 3.63) is 53.8 Å². The van der Waals surface area contributed by atoms with E-state index in [4.69, 9.17) is 0 Å². The minimum absolute atomic E-state index is 0.00818. The van der Waals surface area contributed by atoms with E-state index in [1.54, 1.807) is 30.0 Å². The molecule has 0 saturated carbocycles. The van der Waals surface area contributed by atoms with E-state index in [2.05, 4.69) is 4.72 Å². The first-order valence-corrected chi connectivity index (χ1v) is 9.11. The lowest BCUT2D eigenvalue weighted by atomic mass is 10.2. The Morgan fingerprint density at radius 2 is 2.00 bits per heavy atom. The molecule has 1 N–H and O–H groups in total. The molecule has 0 saturated heterocycles. The Morgan fingerprint density at radius 1 is 1.25 bits per heavy atom. The second kappa shape index (κ2) is 6.24. The fourth-order valence-electron chi connectivity index (χ4n) is 2.74. The molecule has 0 unspecified atom stereocenters. The summed E-state index contributed by atoms with van der Waals surface area (Å²) >= 11 is 0. The number of amides is 1. The van der Waals surface area contributed by atoms with Crippen molar-refractivity contribution in [2.24, 2.45) is 0 Å². The third-order valence-electron chi connectivity index (χ3n) is 3.98. The van der Waals surface area contributed by atoms with Gasteiger partial charge >= 0.3 is 0 Å². The van der Waals surface area contributed by atoms with Crippen LogP contribution in [-0.4, -0.2) is 20.9 Å². The predicted octanol–water partition coefficient (Wildman–Crippen LogP) is 2.93. The van der Waals surface area contributed by atoms with Crippen molar-refractivity contribution in [1.29, 1.82) is 0 Å². The van der Waals surface area contributed by atoms with E-state index >= 15 is 0 Å². The van der Waals surface area contributed by atoms with Crippen LogP contribution in [-0.2, 0) is 21.2 Å². The standard InChI is InChI=1S/C17H17FN2O3S/c1-2-17(21)20-10-9-12-11-13(7-8-16(12)20)24(22,23)19-15-6-4-3-5-14(15)18/h3-8,11,19H,2,9-10H2,1H3. The number of hydrogen-bond acceptors (Lipinski definition) is 3. The predicted molar refractivity (Wildman–Crippen MR) is 90.0 cm³/mol. The summed E-state index contributed by atoms with van der Waals surface area (Å²) in [6, 6.07) is 10.2. The normalized spacial score (nSPS) is 13.7. The lowest BCUT2D eigenvalue weighted by Gasteiger charge is -2.16. The van der Waals surface area contributed by atoms with Gasteiger partial charge in [-0.3, -0.25) is 9.52 Å². The molecule has 1 aliphatic rings. The minimum Gasteiger partial charge on any atom is -0.312 e. The van der Waals surface area contributed by atoms with Crippen molar-refractivity contribution in [1.82, 2.24) is 0 Å². The summed E-state index contributed by atoms with van der Waals surface area (Å²) in [5.41, 5.74) is 1.45. The Hall–Kier alpha value is -2.41. The van der Waals surface area contributed by atoms with Crippen LogP contribution in [0.5, 0.6) is 0 Å². The Morgan fingerprint density at radius 3 is 2.71 bits per heavy atom. The van der Waals surface area contributed by atoms with Crippen molar-refractivity contribution < 1.29 is 17.6 Å². The summed E-state index contributed by atoms with van der Waals surface area (Å²) in [6.45, 7) is 2.34. The van der Waals surface area contributed by atoms with Gasteiger partial charge in [-0.2, -0.15) is 0 Å². The molecular formula is C17H17FN2O3S. The van der Waals surface area contributed by atoms with Gasteiger partial charge in [-0.05, 0) is 42.3 Å². The van der Waals surface area contributed by atoms with Gasteiger partial charge in [0.15, 0.2) is 0 Å². The molecule has 2 aromatic carbocycles. The number of fused-ring (bicyclic) bond motifs is 1. The highest BCUT2D eigenvalue weighted by Crippen LogP contribution is 2.31. The molecule has 0 bridgehead atoms. The number of carbonyl (C=O) groups excluding carboxylic acids is 1. The Labute approximate surface area is 140 Å². The lowest BCUT2D eigenvalue weighted by Crippen LogP contribution is -2.27. The largest absolute Gasteiger partial charge is 0.312 e. The maximum atomic E-state index is 13.7. The Kier molecular flexibility index (Phi) is 4.28. The van der Waals surface area contributed by atoms with Gasteiger partial charge in [0.1, 0.15) is 5.82 Å². The van der Waals surface area contributed by atoms with E-state index in [-0.39, 0.29) is 16.5 Å². The highest BCUT2D eigenvalue weighted by molar-refractivity contribution is 7.92. The molecule has 3 rings (SSSR count). The van der Waals surface area contributed by atoms with Crippen LogP contribution in [0, 0.1) is 5.82 Å². The van der Waals surface area contributed by atoms with E-state index in [0.717, 1.165) is 11.3 Å². The van der Waals surface area contributed by atoms with Gasteiger partial charge < -0.3 is 4.90 Å². The number of sulfonamides is 1. The molecule has 0 fully saturated rings. The fraction of sp³-hybridized carbons (Fsp3) is 0.235. The zero-order valence-electron chi connectivity index (χ0n) is 13.1. The number of carbonyl (C=O) groups is 1. The van der Waals surface area contributed by atoms with Gasteiger partial charge in [0, 0.05) is 18.7 Å². The summed E-state index contributed by atoms with van der Waals surface area (Å²) in [5, 5.41) is 0. The molecule has 24 heavy (non-hydrogen) atoms. The van der Waals surface area contributed by atoms with Crippen LogP contribution in [0.1, 0.15) is 18.9 Å². The van der Waals surface area contributed by atoms with Crippen molar-refractivity contribution in [2.75, 3.05) is 16.2 Å². The van der Waals surface area contributed by atoms with Crippen LogP contribution in [0.4, 0.5) is 15.8 Å². The van der Waals surface area contributed by atoms with Gasteiger partial charge in [-0.1, -0.05) is 19.1 Å². The zero-order chi connectivity index (χ0) is 17.3. The number of nitrogens with zero attached hydrogens (tertiary/aromatic N) is 1. The molecule has 0 radical (unpaired) electrons. The van der Waals surface area contributed by atoms with Gasteiger partial charge in [0.2, 0.25) is 5.91 Å². The number of para-hydroxylation sites is 1. The highest BCUT2D eigenvalue weighted by Gasteiger charge is 2.26. The number of nitrogens with one attached hydrogen (secondary N) is 1. The fourth-order valence-corrected chi connectivity index (χ4v) is 3.86. The molecule has 1 aliphatic heterocycles. The number of hydrogen-bond donors (Lipinski definition) is 1. The molecular weight excluding hydrogens is 331 g/mol. The third kappa shape index (κ3) is 2.99. The van der Waals surface area contributed by atoms with E-state index in [1.165, 1.54) is 24.3 Å². The average Bonchev–Trinajstić information content (AvgIpc) is 2.99. The smallest absolute Gasteiger partial charge is 0.261 e. The molecule has 5 nitrogen and oxygen atoms in total. The molecule has 0 aliphatic carbocycles. The van der Waals surface area contributed by atoms with Gasteiger partial charge in [-0.25, -0.2) is 12.8 Å². The highest BCUT2D eigenvalue weighted by atomic mass is 32.2. The lowest BCUT2D eigenvalue weighted by molar-refractivity contribution is -0.118. The van der Waals surface area contributed by atoms with Crippen LogP contribution in [0.15, 0.2) is 47.4 Å². The first kappa shape index (κ1) is 16.4. The molecule has 0 spiro atoms. The first-order valence-electron chi connectivity index (χ1n) is 7.63. The molecule has 1 amide bonds. The molecule has 0 aromatic heterocycles. The Balaban J connectivity index is 1.91. The van der Waals surface area contributed by atoms with Crippen molar-refractivity contribution in [3.63, 3.8) is 0 Å². The Bertz CT molecular complexity index is 896. The van der Waals surface area contributed by atoms with Gasteiger partial charge in [0.05, 0.1) is 10.6 Å². The molecule has 7 heteroatoms. The van der Waals surface area contributed by atoms with Crippen LogP contribution in [0.25, 0.3) is 0 Å². The van der Waals surface area contributed by atoms with Crippen LogP contribution >= 0.6 is 0 Å². The number of rotatable bonds is 4. The van der Waals surface area contributed by atoms with Crippen molar-refractivity contribution in [3.8, 4) is 0 Å². The van der Waals surface area contributed by atoms with Crippen molar-refractivity contribution >= 4 is 27.3 Å². The maximum absolute atomic E-state index is 13.7. The molecule has 2 aromatic rings. The third-order valence-corrected chi connectivity index (χ3v) is 5.34. The van der Waals surface area contributed by atoms with Crippen LogP contribution in [0.2, 0.25) is 0 Å². The monoisotopic (exact) mass is 348 g/mol. The van der Waals surface area contributed by atoms with E-state index in [9.17, 15) is 17.6 Å². The van der Waals surface area contributed by atoms with E-state index in [1.807, 2.05) is 0 Å². The maximum Gasteiger partial charge on any atom is 0.261 e. The quantitative estimate of drug-likeness (QED) is 0.924. The van der Waals surface area contributed by atoms with Gasteiger partial charge in [0.25, 0.3) is 10.0 Å². The minimum atomic E-state index is -3.89. The summed E-state index contributed by atoms with van der Waals surface area (Å²) in [5.74, 6) is -0.629. The van der Waals surface area contributed by atoms with Crippen molar-refractivity contribution in [2.45, 2.75) is 24.7 Å². The average molecular weight is 348 g/mol. The summed E-state index contributed by atoms with van der Waals surface area (Å²) in [7, 11) is -3.89. The zero-order valence-corrected chi connectivity index (χ0v) is 13.9. The second-order valence-electron chi connectivity index (χ2n) is 5.52. The number of anilines is 2. The molecule has 0 atom stereocenters. The van der Waals surface area contributed by atoms with E-state index < -0.39 is 15.8 Å². The van der Waals surface area contributed by atoms with Crippen LogP contribution < -0.4 is 9.62 Å².